The summed E-state index contributed by atoms with van der Waals surface area (Å²) in [4.78, 5) is 12.0. The molecule has 1 rings (SSSR count). The number of hydrogen-bond acceptors (Lipinski definition) is 3. The first-order valence-electron chi connectivity index (χ1n) is 5.35. The van der Waals surface area contributed by atoms with E-state index in [9.17, 15) is 18.0 Å². The van der Waals surface area contributed by atoms with E-state index in [0.29, 0.717) is 13.0 Å². The van der Waals surface area contributed by atoms with Gasteiger partial charge in [-0.15, -0.1) is 0 Å². The van der Waals surface area contributed by atoms with Gasteiger partial charge in [0.2, 0.25) is 0 Å². The van der Waals surface area contributed by atoms with E-state index in [2.05, 4.69) is 0 Å². The van der Waals surface area contributed by atoms with Crippen LogP contribution in [0.5, 0.6) is 0 Å². The summed E-state index contributed by atoms with van der Waals surface area (Å²) in [6.45, 7) is 1.73. The lowest BCUT2D eigenvalue weighted by Gasteiger charge is -2.29. The van der Waals surface area contributed by atoms with Crippen LogP contribution in [0.1, 0.15) is 13.3 Å². The molecule has 0 radical (unpaired) electrons. The van der Waals surface area contributed by atoms with Crippen LogP contribution in [0.15, 0.2) is 0 Å². The molecule has 1 saturated heterocycles. The first-order chi connectivity index (χ1) is 7.73. The zero-order valence-corrected chi connectivity index (χ0v) is 9.70. The third-order valence-corrected chi connectivity index (χ3v) is 3.07. The maximum Gasteiger partial charge on any atom is 0.403 e. The predicted octanol–water partition coefficient (Wildman–Crippen LogP) is 1.36. The van der Waals surface area contributed by atoms with Crippen molar-refractivity contribution in [1.82, 2.24) is 4.90 Å². The zero-order valence-electron chi connectivity index (χ0n) is 9.70. The Bertz CT molecular complexity index is 282. The highest BCUT2D eigenvalue weighted by molar-refractivity contribution is 5.71. The van der Waals surface area contributed by atoms with E-state index in [1.54, 1.807) is 6.92 Å². The van der Waals surface area contributed by atoms with Crippen LogP contribution in [0, 0.1) is 5.92 Å². The lowest BCUT2D eigenvalue weighted by molar-refractivity contribution is -0.197. The molecule has 0 bridgehead atoms. The molecule has 0 aliphatic carbocycles. The van der Waals surface area contributed by atoms with E-state index in [4.69, 9.17) is 9.84 Å². The van der Waals surface area contributed by atoms with Crippen molar-refractivity contribution >= 4 is 5.97 Å². The van der Waals surface area contributed by atoms with Crippen LogP contribution in [-0.4, -0.2) is 54.5 Å². The number of aliphatic carboxylic acids is 1. The molecule has 0 spiro atoms. The Morgan fingerprint density at radius 1 is 1.59 bits per heavy atom. The number of carboxylic acid groups (broad SMARTS) is 1. The van der Waals surface area contributed by atoms with Crippen LogP contribution in [0.25, 0.3) is 0 Å². The standard InChI is InChI=1S/C10H16F3NO3/c1-6-8(3-4-17-6)14(2)5-7(9(15)16)10(11,12)13/h6-8H,3-5H2,1-2H3,(H,15,16). The van der Waals surface area contributed by atoms with E-state index < -0.39 is 24.6 Å². The monoisotopic (exact) mass is 255 g/mol. The second-order valence-corrected chi connectivity index (χ2v) is 4.30. The number of rotatable bonds is 4. The molecular weight excluding hydrogens is 239 g/mol. The van der Waals surface area contributed by atoms with Gasteiger partial charge in [0, 0.05) is 19.2 Å². The van der Waals surface area contributed by atoms with Gasteiger partial charge in [0.15, 0.2) is 5.92 Å². The molecule has 3 unspecified atom stereocenters. The molecule has 0 aromatic heterocycles. The molecular formula is C10H16F3NO3. The third kappa shape index (κ3) is 3.57. The van der Waals surface area contributed by atoms with E-state index in [0.717, 1.165) is 0 Å². The molecule has 1 aliphatic rings. The smallest absolute Gasteiger partial charge is 0.403 e. The molecule has 7 heteroatoms. The molecule has 1 fully saturated rings. The van der Waals surface area contributed by atoms with E-state index in [-0.39, 0.29) is 12.1 Å². The molecule has 1 N–H and O–H groups in total. The number of ether oxygens (including phenoxy) is 1. The fourth-order valence-electron chi connectivity index (χ4n) is 2.04. The minimum absolute atomic E-state index is 0.154. The number of carbonyl (C=O) groups is 1. The van der Waals surface area contributed by atoms with Gasteiger partial charge in [-0.3, -0.25) is 9.69 Å². The minimum Gasteiger partial charge on any atom is -0.481 e. The predicted molar refractivity (Wildman–Crippen MR) is 53.6 cm³/mol. The van der Waals surface area contributed by atoms with Crippen LogP contribution in [0.4, 0.5) is 13.2 Å². The molecule has 3 atom stereocenters. The Morgan fingerprint density at radius 3 is 2.53 bits per heavy atom. The number of likely N-dealkylation sites (N-methyl/N-ethyl adjacent to an activating group) is 1. The SMILES string of the molecule is CC1OCCC1N(C)CC(C(=O)O)C(F)(F)F. The van der Waals surface area contributed by atoms with Gasteiger partial charge < -0.3 is 9.84 Å². The topological polar surface area (TPSA) is 49.8 Å². The largest absolute Gasteiger partial charge is 0.481 e. The quantitative estimate of drug-likeness (QED) is 0.824. The normalized spacial score (nSPS) is 27.4. The number of alkyl halides is 3. The van der Waals surface area contributed by atoms with Crippen molar-refractivity contribution < 1.29 is 27.8 Å². The number of nitrogens with zero attached hydrogens (tertiary/aromatic N) is 1. The van der Waals surface area contributed by atoms with Crippen LogP contribution >= 0.6 is 0 Å². The average Bonchev–Trinajstić information content (AvgIpc) is 2.58. The summed E-state index contributed by atoms with van der Waals surface area (Å²) in [5.41, 5.74) is 0. The average molecular weight is 255 g/mol. The highest BCUT2D eigenvalue weighted by Gasteiger charge is 2.46. The maximum atomic E-state index is 12.5. The van der Waals surface area contributed by atoms with E-state index in [1.807, 2.05) is 0 Å². The fraction of sp³-hybridized carbons (Fsp3) is 0.900. The number of hydrogen-bond donors (Lipinski definition) is 1. The highest BCUT2D eigenvalue weighted by atomic mass is 19.4. The van der Waals surface area contributed by atoms with Crippen molar-refractivity contribution in [1.29, 1.82) is 0 Å². The number of halogens is 3. The van der Waals surface area contributed by atoms with Crippen molar-refractivity contribution in [2.75, 3.05) is 20.2 Å². The van der Waals surface area contributed by atoms with Gasteiger partial charge in [0.25, 0.3) is 0 Å². The summed E-state index contributed by atoms with van der Waals surface area (Å²) in [5, 5.41) is 8.59. The van der Waals surface area contributed by atoms with Gasteiger partial charge in [-0.1, -0.05) is 0 Å². The lowest BCUT2D eigenvalue weighted by Crippen LogP contribution is -2.45. The fourth-order valence-corrected chi connectivity index (χ4v) is 2.04. The molecule has 100 valence electrons. The van der Waals surface area contributed by atoms with Crippen molar-refractivity contribution in [2.24, 2.45) is 5.92 Å². The first kappa shape index (κ1) is 14.2. The first-order valence-corrected chi connectivity index (χ1v) is 5.35. The van der Waals surface area contributed by atoms with Gasteiger partial charge >= 0.3 is 12.1 Å². The molecule has 0 aromatic rings. The van der Waals surface area contributed by atoms with Crippen molar-refractivity contribution in [3.05, 3.63) is 0 Å². The lowest BCUT2D eigenvalue weighted by atomic mass is 10.1. The van der Waals surface area contributed by atoms with Crippen LogP contribution in [0.3, 0.4) is 0 Å². The Kier molecular flexibility index (Phi) is 4.37. The molecule has 1 heterocycles. The summed E-state index contributed by atoms with van der Waals surface area (Å²) in [6, 6.07) is -0.154. The van der Waals surface area contributed by atoms with Crippen LogP contribution in [0.2, 0.25) is 0 Å². The van der Waals surface area contributed by atoms with Gasteiger partial charge in [-0.05, 0) is 20.4 Å². The molecule has 1 aliphatic heterocycles. The molecule has 4 nitrogen and oxygen atoms in total. The second kappa shape index (κ2) is 5.22. The van der Waals surface area contributed by atoms with Crippen molar-refractivity contribution in [2.45, 2.75) is 31.7 Å². The Morgan fingerprint density at radius 2 is 2.18 bits per heavy atom. The van der Waals surface area contributed by atoms with Crippen LogP contribution < -0.4 is 0 Å². The van der Waals surface area contributed by atoms with Gasteiger partial charge in [0.1, 0.15) is 0 Å². The van der Waals surface area contributed by atoms with Gasteiger partial charge in [0.05, 0.1) is 6.10 Å². The molecule has 0 saturated carbocycles. The van der Waals surface area contributed by atoms with Crippen molar-refractivity contribution in [3.63, 3.8) is 0 Å². The number of carboxylic acids is 1. The Hall–Kier alpha value is -0.820. The molecule has 0 aromatic carbocycles. The van der Waals surface area contributed by atoms with Crippen LogP contribution in [-0.2, 0) is 9.53 Å². The Balaban J connectivity index is 2.64. The summed E-state index contributed by atoms with van der Waals surface area (Å²) in [7, 11) is 1.50. The van der Waals surface area contributed by atoms with E-state index in [1.165, 1.54) is 11.9 Å². The second-order valence-electron chi connectivity index (χ2n) is 4.30. The van der Waals surface area contributed by atoms with Gasteiger partial charge in [-0.2, -0.15) is 13.2 Å². The molecule has 0 amide bonds. The minimum atomic E-state index is -4.72. The van der Waals surface area contributed by atoms with Crippen molar-refractivity contribution in [3.8, 4) is 0 Å². The summed E-state index contributed by atoms with van der Waals surface area (Å²) in [5.74, 6) is -4.18. The van der Waals surface area contributed by atoms with E-state index >= 15 is 0 Å². The zero-order chi connectivity index (χ0) is 13.2. The molecule has 17 heavy (non-hydrogen) atoms. The third-order valence-electron chi connectivity index (χ3n) is 3.07. The maximum absolute atomic E-state index is 12.5. The summed E-state index contributed by atoms with van der Waals surface area (Å²) >= 11 is 0. The summed E-state index contributed by atoms with van der Waals surface area (Å²) in [6.07, 6.45) is -4.26. The summed E-state index contributed by atoms with van der Waals surface area (Å²) < 4.78 is 42.7. The highest BCUT2D eigenvalue weighted by Crippen LogP contribution is 2.29. The van der Waals surface area contributed by atoms with Gasteiger partial charge in [-0.25, -0.2) is 0 Å². The Labute approximate surface area is 97.3 Å².